The van der Waals surface area contributed by atoms with Crippen molar-refractivity contribution in [2.24, 2.45) is 5.92 Å². The molecule has 0 saturated heterocycles. The molecule has 0 aliphatic rings. The maximum Gasteiger partial charge on any atom is 0.100 e. The van der Waals surface area contributed by atoms with E-state index < -0.39 is 66.6 Å². The third-order valence-corrected chi connectivity index (χ3v) is 5.63. The van der Waals surface area contributed by atoms with E-state index in [2.05, 4.69) is 0 Å². The normalized spacial score (nSPS) is 10.3. The molecule has 0 fully saturated rings. The third kappa shape index (κ3) is 127. The topological polar surface area (TPSA) is 627 Å². The van der Waals surface area contributed by atoms with Gasteiger partial charge in [0.15, 0.2) is 0 Å². The van der Waals surface area contributed by atoms with E-state index in [1.807, 2.05) is 27.7 Å². The lowest BCUT2D eigenvalue weighted by Gasteiger charge is -2.21. The summed E-state index contributed by atoms with van der Waals surface area (Å²) in [6.07, 6.45) is -9.54. The number of rotatable bonds is 21. The molecule has 0 aromatic heterocycles. The molecule has 0 aliphatic carbocycles. The highest BCUT2D eigenvalue weighted by molar-refractivity contribution is 4.68. The zero-order chi connectivity index (χ0) is 56.0. The van der Waals surface area contributed by atoms with Crippen molar-refractivity contribution in [3.63, 3.8) is 0 Å². The Balaban J connectivity index is -0.0000000572. The average molecular weight is 1020 g/mol. The zero-order valence-electron chi connectivity index (χ0n) is 38.9. The Hall–Kier alpha value is -1.24. The summed E-state index contributed by atoms with van der Waals surface area (Å²) >= 11 is 0. The molecular formula is C36H94O31. The molecule has 0 radical (unpaired) electrons. The van der Waals surface area contributed by atoms with Crippen LogP contribution in [0.1, 0.15) is 27.7 Å². The standard InChI is InChI=1S/C6H14O.10C3H8O3/c1-5(2)6(3,4)7;10*4-1-3(6)2-5/h5,7H,1-4H3;10*3-6H,1-2H2. The quantitative estimate of drug-likeness (QED) is 0.0508. The minimum absolute atomic E-state index is 0.354. The molecule has 31 heteroatoms. The second-order valence-electron chi connectivity index (χ2n) is 13.0. The summed E-state index contributed by atoms with van der Waals surface area (Å²) in [5.74, 6) is 0.354. The molecule has 0 aromatic rings. The fraction of sp³-hybridized carbons (Fsp3) is 1.00. The fourth-order valence-electron chi connectivity index (χ4n) is 0.577. The van der Waals surface area contributed by atoms with Crippen LogP contribution >= 0.6 is 0 Å². The minimum atomic E-state index is -0.954. The molecule has 0 saturated carbocycles. The maximum atomic E-state index is 9.09. The molecule has 0 atom stereocenters. The summed E-state index contributed by atoms with van der Waals surface area (Å²) in [7, 11) is 0. The van der Waals surface area contributed by atoms with Gasteiger partial charge >= 0.3 is 0 Å². The van der Waals surface area contributed by atoms with Crippen LogP contribution in [0.4, 0.5) is 0 Å². The first-order valence-electron chi connectivity index (χ1n) is 19.7. The lowest BCUT2D eigenvalue weighted by molar-refractivity contribution is 0.0327. The summed E-state index contributed by atoms with van der Waals surface area (Å²) in [5, 5.41) is 249. The smallest absolute Gasteiger partial charge is 0.100 e. The second kappa shape index (κ2) is 78.9. The molecule has 0 unspecified atom stereocenters. The van der Waals surface area contributed by atoms with Crippen LogP contribution in [0.2, 0.25) is 0 Å². The largest absolute Gasteiger partial charge is 0.394 e. The Kier molecular flexibility index (Phi) is 108. The molecule has 31 nitrogen and oxygen atoms in total. The highest BCUT2D eigenvalue weighted by Gasteiger charge is 2.16. The van der Waals surface area contributed by atoms with Crippen LogP contribution < -0.4 is 0 Å². The van der Waals surface area contributed by atoms with Crippen LogP contribution in [0.15, 0.2) is 0 Å². The first kappa shape index (κ1) is 92.0. The summed E-state index contributed by atoms with van der Waals surface area (Å²) in [5.41, 5.74) is -0.500. The Morgan fingerprint density at radius 1 is 0.209 bits per heavy atom. The van der Waals surface area contributed by atoms with Crippen LogP contribution in [-0.4, -0.2) is 357 Å². The van der Waals surface area contributed by atoms with Crippen LogP contribution in [0.3, 0.4) is 0 Å². The van der Waals surface area contributed by atoms with Gasteiger partial charge in [-0.3, -0.25) is 0 Å². The van der Waals surface area contributed by atoms with Crippen molar-refractivity contribution in [2.75, 3.05) is 132 Å². The van der Waals surface area contributed by atoms with Crippen LogP contribution in [0.25, 0.3) is 0 Å². The van der Waals surface area contributed by atoms with Gasteiger partial charge in [0.25, 0.3) is 0 Å². The van der Waals surface area contributed by atoms with E-state index in [1.165, 1.54) is 0 Å². The highest BCUT2D eigenvalue weighted by atomic mass is 16.4. The van der Waals surface area contributed by atoms with Crippen molar-refractivity contribution in [3.05, 3.63) is 0 Å². The average Bonchev–Trinajstić information content (AvgIpc) is 3.37. The van der Waals surface area contributed by atoms with Crippen molar-refractivity contribution in [2.45, 2.75) is 94.3 Å². The van der Waals surface area contributed by atoms with Crippen LogP contribution in [0, 0.1) is 5.92 Å². The van der Waals surface area contributed by atoms with Crippen molar-refractivity contribution in [3.8, 4) is 0 Å². The Bertz CT molecular complexity index is 543. The molecule has 0 heterocycles. The molecule has 0 spiro atoms. The summed E-state index contributed by atoms with van der Waals surface area (Å²) < 4.78 is 0. The highest BCUT2D eigenvalue weighted by Crippen LogP contribution is 2.13. The molecule has 67 heavy (non-hydrogen) atoms. The van der Waals surface area contributed by atoms with Gasteiger partial charge in [-0.1, -0.05) is 13.8 Å². The van der Waals surface area contributed by atoms with E-state index >= 15 is 0 Å². The van der Waals surface area contributed by atoms with Gasteiger partial charge in [0.1, 0.15) is 61.0 Å². The maximum absolute atomic E-state index is 9.09. The summed E-state index contributed by atoms with van der Waals surface area (Å²) in [4.78, 5) is 0. The van der Waals surface area contributed by atoms with Gasteiger partial charge in [-0.05, 0) is 19.8 Å². The van der Waals surface area contributed by atoms with E-state index in [4.69, 9.17) is 158 Å². The fourth-order valence-corrected chi connectivity index (χ4v) is 0.577. The molecule has 424 valence electrons. The molecule has 0 bridgehead atoms. The van der Waals surface area contributed by atoms with Gasteiger partial charge in [0.2, 0.25) is 0 Å². The third-order valence-electron chi connectivity index (χ3n) is 5.63. The predicted molar refractivity (Wildman–Crippen MR) is 233 cm³/mol. The Morgan fingerprint density at radius 2 is 0.254 bits per heavy atom. The predicted octanol–water partition coefficient (Wildman–Crippen LogP) is -15.3. The number of aliphatic hydroxyl groups is 31. The second-order valence-corrected chi connectivity index (χ2v) is 13.0. The molecule has 0 aromatic carbocycles. The summed E-state index contributed by atoms with van der Waals surface area (Å²) in [6.45, 7) is 0.343. The minimum Gasteiger partial charge on any atom is -0.394 e. The van der Waals surface area contributed by atoms with Crippen molar-refractivity contribution in [1.82, 2.24) is 0 Å². The SMILES string of the molecule is CC(C)C(C)(C)O.OCC(O)CO.OCC(O)CO.OCC(O)CO.OCC(O)CO.OCC(O)CO.OCC(O)CO.OCC(O)CO.OCC(O)CO.OCC(O)CO.OCC(O)CO. The Morgan fingerprint density at radius 3 is 0.254 bits per heavy atom. The van der Waals surface area contributed by atoms with Crippen molar-refractivity contribution < 1.29 is 158 Å². The first-order chi connectivity index (χ1) is 31.0. The van der Waals surface area contributed by atoms with Gasteiger partial charge in [-0.25, -0.2) is 0 Å². The van der Waals surface area contributed by atoms with Gasteiger partial charge in [-0.15, -0.1) is 0 Å². The molecule has 31 N–H and O–H groups in total. The van der Waals surface area contributed by atoms with Crippen molar-refractivity contribution in [1.29, 1.82) is 0 Å². The van der Waals surface area contributed by atoms with Crippen molar-refractivity contribution >= 4 is 0 Å². The van der Waals surface area contributed by atoms with E-state index in [-0.39, 0.29) is 132 Å². The molecule has 0 rings (SSSR count). The first-order valence-corrected chi connectivity index (χ1v) is 19.7. The van der Waals surface area contributed by atoms with E-state index in [0.29, 0.717) is 5.92 Å². The van der Waals surface area contributed by atoms with E-state index in [0.717, 1.165) is 0 Å². The number of hydrogen-bond acceptors (Lipinski definition) is 31. The monoisotopic (exact) mass is 1020 g/mol. The lowest BCUT2D eigenvalue weighted by atomic mass is 9.95. The lowest BCUT2D eigenvalue weighted by Crippen LogP contribution is -2.25. The molecule has 0 amide bonds. The summed E-state index contributed by atoms with van der Waals surface area (Å²) in [6, 6.07) is 0. The van der Waals surface area contributed by atoms with Gasteiger partial charge in [0, 0.05) is 0 Å². The van der Waals surface area contributed by atoms with Crippen LogP contribution in [-0.2, 0) is 0 Å². The zero-order valence-corrected chi connectivity index (χ0v) is 38.9. The Labute approximate surface area is 390 Å². The van der Waals surface area contributed by atoms with Crippen LogP contribution in [0.5, 0.6) is 0 Å². The van der Waals surface area contributed by atoms with Gasteiger partial charge in [-0.2, -0.15) is 0 Å². The number of aliphatic hydroxyl groups excluding tert-OH is 30. The van der Waals surface area contributed by atoms with E-state index in [1.54, 1.807) is 0 Å². The number of hydrogen-bond donors (Lipinski definition) is 31. The molecule has 0 aliphatic heterocycles. The van der Waals surface area contributed by atoms with Gasteiger partial charge < -0.3 is 158 Å². The van der Waals surface area contributed by atoms with E-state index in [9.17, 15) is 0 Å². The van der Waals surface area contributed by atoms with Gasteiger partial charge in [0.05, 0.1) is 138 Å². The molecular weight excluding hydrogens is 928 g/mol.